The van der Waals surface area contributed by atoms with Gasteiger partial charge in [0.2, 0.25) is 0 Å². The molecule has 20 heavy (non-hydrogen) atoms. The van der Waals surface area contributed by atoms with Crippen LogP contribution in [0, 0.1) is 19.7 Å². The van der Waals surface area contributed by atoms with Gasteiger partial charge >= 0.3 is 0 Å². The molecular formula is C17H20FNO. The summed E-state index contributed by atoms with van der Waals surface area (Å²) in [5.41, 5.74) is 4.80. The van der Waals surface area contributed by atoms with E-state index in [4.69, 9.17) is 0 Å². The number of nitrogens with zero attached hydrogens (tertiary/aromatic N) is 1. The fraction of sp³-hybridized carbons (Fsp3) is 0.294. The molecule has 0 saturated carbocycles. The monoisotopic (exact) mass is 273 g/mol. The van der Waals surface area contributed by atoms with E-state index in [0.717, 1.165) is 16.9 Å². The highest BCUT2D eigenvalue weighted by atomic mass is 19.1. The minimum Gasteiger partial charge on any atom is -0.389 e. The van der Waals surface area contributed by atoms with Crippen LogP contribution in [0.1, 0.15) is 29.7 Å². The molecule has 0 saturated heterocycles. The Morgan fingerprint density at radius 2 is 1.70 bits per heavy atom. The van der Waals surface area contributed by atoms with Gasteiger partial charge in [-0.25, -0.2) is 4.39 Å². The molecule has 2 aromatic carbocycles. The van der Waals surface area contributed by atoms with Gasteiger partial charge in [-0.3, -0.25) is 0 Å². The second-order valence-corrected chi connectivity index (χ2v) is 5.23. The van der Waals surface area contributed by atoms with Gasteiger partial charge in [0, 0.05) is 24.0 Å². The first-order valence-corrected chi connectivity index (χ1v) is 6.68. The molecule has 0 aliphatic rings. The van der Waals surface area contributed by atoms with Crippen LogP contribution in [0.5, 0.6) is 0 Å². The summed E-state index contributed by atoms with van der Waals surface area (Å²) in [6.07, 6.45) is -0.714. The fourth-order valence-corrected chi connectivity index (χ4v) is 2.48. The Bertz CT molecular complexity index is 622. The van der Waals surface area contributed by atoms with Crippen LogP contribution >= 0.6 is 0 Å². The molecule has 2 rings (SSSR count). The molecule has 0 aliphatic carbocycles. The molecule has 0 radical (unpaired) electrons. The molecule has 1 atom stereocenters. The third-order valence-corrected chi connectivity index (χ3v) is 3.51. The third kappa shape index (κ3) is 2.83. The molecule has 0 amide bonds. The van der Waals surface area contributed by atoms with Crippen molar-refractivity contribution in [2.24, 2.45) is 0 Å². The highest BCUT2D eigenvalue weighted by Gasteiger charge is 2.15. The first-order chi connectivity index (χ1) is 9.40. The zero-order chi connectivity index (χ0) is 14.9. The summed E-state index contributed by atoms with van der Waals surface area (Å²) in [5.74, 6) is -0.335. The summed E-state index contributed by atoms with van der Waals surface area (Å²) in [7, 11) is 1.93. The maximum atomic E-state index is 13.4. The number of aryl methyl sites for hydroxylation is 2. The molecular weight excluding hydrogens is 253 g/mol. The summed E-state index contributed by atoms with van der Waals surface area (Å²) in [5, 5.41) is 9.84. The van der Waals surface area contributed by atoms with Gasteiger partial charge in [-0.05, 0) is 50.6 Å². The molecule has 0 spiro atoms. The number of hydrogen-bond donors (Lipinski definition) is 1. The summed E-state index contributed by atoms with van der Waals surface area (Å²) < 4.78 is 13.4. The maximum absolute atomic E-state index is 13.4. The first-order valence-electron chi connectivity index (χ1n) is 6.68. The van der Waals surface area contributed by atoms with E-state index in [9.17, 15) is 9.50 Å². The third-order valence-electron chi connectivity index (χ3n) is 3.51. The number of benzene rings is 2. The Morgan fingerprint density at radius 1 is 1.05 bits per heavy atom. The number of aliphatic hydroxyl groups excluding tert-OH is 1. The topological polar surface area (TPSA) is 23.5 Å². The van der Waals surface area contributed by atoms with Crippen molar-refractivity contribution < 1.29 is 9.50 Å². The molecule has 0 aromatic heterocycles. The van der Waals surface area contributed by atoms with Crippen molar-refractivity contribution in [1.29, 1.82) is 0 Å². The average molecular weight is 273 g/mol. The maximum Gasteiger partial charge on any atom is 0.123 e. The van der Waals surface area contributed by atoms with Crippen LogP contribution in [-0.2, 0) is 0 Å². The predicted molar refractivity (Wildman–Crippen MR) is 81.0 cm³/mol. The minimum atomic E-state index is -0.714. The van der Waals surface area contributed by atoms with E-state index in [1.54, 1.807) is 13.0 Å². The number of halogens is 1. The van der Waals surface area contributed by atoms with Crippen LogP contribution in [0.2, 0.25) is 0 Å². The SMILES string of the molecule is Cc1ccc(N(C)c2ccc(F)cc2C(C)O)c(C)c1. The highest BCUT2D eigenvalue weighted by molar-refractivity contribution is 5.69. The molecule has 0 bridgehead atoms. The van der Waals surface area contributed by atoms with Gasteiger partial charge in [-0.1, -0.05) is 17.7 Å². The van der Waals surface area contributed by atoms with Gasteiger partial charge < -0.3 is 10.0 Å². The number of aliphatic hydroxyl groups is 1. The fourth-order valence-electron chi connectivity index (χ4n) is 2.48. The van der Waals surface area contributed by atoms with Crippen molar-refractivity contribution in [3.8, 4) is 0 Å². The van der Waals surface area contributed by atoms with Gasteiger partial charge in [-0.2, -0.15) is 0 Å². The largest absolute Gasteiger partial charge is 0.389 e. The lowest BCUT2D eigenvalue weighted by atomic mass is 10.0. The molecule has 106 valence electrons. The smallest absolute Gasteiger partial charge is 0.123 e. The van der Waals surface area contributed by atoms with Crippen LogP contribution in [0.3, 0.4) is 0 Å². The summed E-state index contributed by atoms with van der Waals surface area (Å²) >= 11 is 0. The molecule has 3 heteroatoms. The van der Waals surface area contributed by atoms with E-state index >= 15 is 0 Å². The Balaban J connectivity index is 2.50. The molecule has 1 N–H and O–H groups in total. The highest BCUT2D eigenvalue weighted by Crippen LogP contribution is 2.33. The predicted octanol–water partition coefficient (Wildman–Crippen LogP) is 4.26. The zero-order valence-electron chi connectivity index (χ0n) is 12.3. The Morgan fingerprint density at radius 3 is 2.30 bits per heavy atom. The Kier molecular flexibility index (Phi) is 4.09. The molecule has 1 unspecified atom stereocenters. The van der Waals surface area contributed by atoms with Crippen molar-refractivity contribution in [3.63, 3.8) is 0 Å². The van der Waals surface area contributed by atoms with E-state index < -0.39 is 6.10 Å². The van der Waals surface area contributed by atoms with E-state index in [1.807, 2.05) is 31.0 Å². The van der Waals surface area contributed by atoms with Gasteiger partial charge in [0.25, 0.3) is 0 Å². The van der Waals surface area contributed by atoms with E-state index in [0.29, 0.717) is 5.56 Å². The molecule has 0 fully saturated rings. The lowest BCUT2D eigenvalue weighted by molar-refractivity contribution is 0.199. The Hall–Kier alpha value is -1.87. The quantitative estimate of drug-likeness (QED) is 0.903. The van der Waals surface area contributed by atoms with Crippen molar-refractivity contribution >= 4 is 11.4 Å². The molecule has 2 nitrogen and oxygen atoms in total. The summed E-state index contributed by atoms with van der Waals surface area (Å²) in [6, 6.07) is 10.7. The van der Waals surface area contributed by atoms with Gasteiger partial charge in [0.15, 0.2) is 0 Å². The first kappa shape index (κ1) is 14.5. The van der Waals surface area contributed by atoms with E-state index in [1.165, 1.54) is 17.7 Å². The molecule has 2 aromatic rings. The average Bonchev–Trinajstić information content (AvgIpc) is 2.37. The van der Waals surface area contributed by atoms with Crippen molar-refractivity contribution in [3.05, 3.63) is 58.9 Å². The zero-order valence-corrected chi connectivity index (χ0v) is 12.3. The van der Waals surface area contributed by atoms with Gasteiger partial charge in [0.1, 0.15) is 5.82 Å². The van der Waals surface area contributed by atoms with Gasteiger partial charge in [0.05, 0.1) is 6.10 Å². The number of anilines is 2. The number of rotatable bonds is 3. The van der Waals surface area contributed by atoms with E-state index in [2.05, 4.69) is 13.0 Å². The molecule has 0 aliphatic heterocycles. The lowest BCUT2D eigenvalue weighted by Crippen LogP contribution is -2.14. The second kappa shape index (κ2) is 5.63. The van der Waals surface area contributed by atoms with Crippen LogP contribution in [0.25, 0.3) is 0 Å². The number of hydrogen-bond acceptors (Lipinski definition) is 2. The van der Waals surface area contributed by atoms with Crippen LogP contribution < -0.4 is 4.90 Å². The van der Waals surface area contributed by atoms with Crippen molar-refractivity contribution in [2.45, 2.75) is 26.9 Å². The van der Waals surface area contributed by atoms with Crippen LogP contribution in [-0.4, -0.2) is 12.2 Å². The second-order valence-electron chi connectivity index (χ2n) is 5.23. The standard InChI is InChI=1S/C17H20FNO/c1-11-5-7-16(12(2)9-11)19(4)17-8-6-14(18)10-15(17)13(3)20/h5-10,13,20H,1-4H3. The van der Waals surface area contributed by atoms with E-state index in [-0.39, 0.29) is 5.82 Å². The molecule has 0 heterocycles. The normalized spacial score (nSPS) is 12.3. The summed E-state index contributed by atoms with van der Waals surface area (Å²) in [4.78, 5) is 1.98. The van der Waals surface area contributed by atoms with Crippen LogP contribution in [0.15, 0.2) is 36.4 Å². The van der Waals surface area contributed by atoms with Crippen molar-refractivity contribution in [1.82, 2.24) is 0 Å². The van der Waals surface area contributed by atoms with Gasteiger partial charge in [-0.15, -0.1) is 0 Å². The summed E-state index contributed by atoms with van der Waals surface area (Å²) in [6.45, 7) is 5.74. The van der Waals surface area contributed by atoms with Crippen molar-refractivity contribution in [2.75, 3.05) is 11.9 Å². The Labute approximate surface area is 119 Å². The van der Waals surface area contributed by atoms with Crippen LogP contribution in [0.4, 0.5) is 15.8 Å². The minimum absolute atomic E-state index is 0.335. The lowest BCUT2D eigenvalue weighted by Gasteiger charge is -2.25.